The van der Waals surface area contributed by atoms with Crippen molar-refractivity contribution in [3.8, 4) is 0 Å². The molecule has 2 amide bonds. The van der Waals surface area contributed by atoms with E-state index in [-0.39, 0.29) is 11.6 Å². The van der Waals surface area contributed by atoms with E-state index in [1.807, 2.05) is 18.5 Å². The number of H-pyrrole nitrogens is 1. The van der Waals surface area contributed by atoms with Crippen LogP contribution in [-0.4, -0.2) is 43.8 Å². The Morgan fingerprint density at radius 2 is 1.96 bits per heavy atom. The molecule has 3 rings (SSSR count). The molecule has 0 radical (unpaired) electrons. The largest absolute Gasteiger partial charge is 0.324 e. The number of anilines is 1. The number of urea groups is 1. The molecule has 0 unspecified atom stereocenters. The summed E-state index contributed by atoms with van der Waals surface area (Å²) in [5.74, 6) is 0.612. The van der Waals surface area contributed by atoms with Crippen LogP contribution in [0.1, 0.15) is 41.8 Å². The molecule has 0 aliphatic carbocycles. The van der Waals surface area contributed by atoms with Gasteiger partial charge in [-0.1, -0.05) is 6.92 Å². The minimum atomic E-state index is -0.159. The third-order valence-corrected chi connectivity index (χ3v) is 4.81. The van der Waals surface area contributed by atoms with E-state index in [9.17, 15) is 9.59 Å². The van der Waals surface area contributed by atoms with Crippen LogP contribution in [0.15, 0.2) is 4.79 Å². The maximum atomic E-state index is 12.8. The van der Waals surface area contributed by atoms with Gasteiger partial charge >= 0.3 is 6.03 Å². The molecule has 0 saturated heterocycles. The predicted octanol–water partition coefficient (Wildman–Crippen LogP) is 1.93. The molecule has 26 heavy (non-hydrogen) atoms. The first-order chi connectivity index (χ1) is 12.4. The fourth-order valence-corrected chi connectivity index (χ4v) is 3.43. The van der Waals surface area contributed by atoms with Crippen LogP contribution in [0.4, 0.5) is 10.5 Å². The second-order valence-electron chi connectivity index (χ2n) is 6.76. The van der Waals surface area contributed by atoms with E-state index in [1.54, 1.807) is 11.8 Å². The Morgan fingerprint density at radius 3 is 2.69 bits per heavy atom. The lowest BCUT2D eigenvalue weighted by atomic mass is 10.1. The van der Waals surface area contributed by atoms with Crippen molar-refractivity contribution in [1.82, 2.24) is 24.6 Å². The fraction of sp³-hybridized carbons (Fsp3) is 0.556. The summed E-state index contributed by atoms with van der Waals surface area (Å²) in [6.45, 7) is 9.60. The standard InChI is InChI=1S/C18H26N6O2/c1-5-8-24-12(3)16(11(2)22-24)21-18(26)23-9-6-14-15(7-10-23)19-13(4)20-17(14)25/h5-10H2,1-4H3,(H,21,26)(H,19,20,25). The second kappa shape index (κ2) is 7.31. The van der Waals surface area contributed by atoms with Gasteiger partial charge in [0.25, 0.3) is 5.56 Å². The van der Waals surface area contributed by atoms with Crippen LogP contribution in [0.2, 0.25) is 0 Å². The summed E-state index contributed by atoms with van der Waals surface area (Å²) in [6.07, 6.45) is 2.08. The molecule has 0 saturated carbocycles. The Morgan fingerprint density at radius 1 is 1.23 bits per heavy atom. The summed E-state index contributed by atoms with van der Waals surface area (Å²) in [7, 11) is 0. The summed E-state index contributed by atoms with van der Waals surface area (Å²) >= 11 is 0. The van der Waals surface area contributed by atoms with Crippen LogP contribution in [0, 0.1) is 20.8 Å². The number of aromatic nitrogens is 4. The predicted molar refractivity (Wildman–Crippen MR) is 99.6 cm³/mol. The zero-order valence-electron chi connectivity index (χ0n) is 15.8. The molecule has 0 bridgehead atoms. The lowest BCUT2D eigenvalue weighted by molar-refractivity contribution is 0.214. The Bertz CT molecular complexity index is 883. The molecule has 2 aromatic heterocycles. The fourth-order valence-electron chi connectivity index (χ4n) is 3.43. The van der Waals surface area contributed by atoms with Crippen LogP contribution in [0.25, 0.3) is 0 Å². The molecule has 8 heteroatoms. The molecular formula is C18H26N6O2. The number of aryl methyl sites for hydroxylation is 3. The molecule has 140 valence electrons. The van der Waals surface area contributed by atoms with Crippen LogP contribution in [-0.2, 0) is 19.4 Å². The first-order valence-electron chi connectivity index (χ1n) is 9.09. The van der Waals surface area contributed by atoms with E-state index in [0.717, 1.165) is 35.7 Å². The van der Waals surface area contributed by atoms with Gasteiger partial charge in [0.2, 0.25) is 0 Å². The van der Waals surface area contributed by atoms with Crippen molar-refractivity contribution in [1.29, 1.82) is 0 Å². The zero-order valence-corrected chi connectivity index (χ0v) is 15.8. The maximum absolute atomic E-state index is 12.8. The molecule has 0 aromatic carbocycles. The maximum Gasteiger partial charge on any atom is 0.321 e. The molecular weight excluding hydrogens is 332 g/mol. The second-order valence-corrected chi connectivity index (χ2v) is 6.76. The smallest absolute Gasteiger partial charge is 0.321 e. The lowest BCUT2D eigenvalue weighted by Crippen LogP contribution is -2.37. The van der Waals surface area contributed by atoms with Crippen molar-refractivity contribution >= 4 is 11.7 Å². The average Bonchev–Trinajstić information content (AvgIpc) is 2.76. The average molecular weight is 358 g/mol. The monoisotopic (exact) mass is 358 g/mol. The van der Waals surface area contributed by atoms with Gasteiger partial charge in [-0.15, -0.1) is 0 Å². The van der Waals surface area contributed by atoms with E-state index in [4.69, 9.17) is 0 Å². The summed E-state index contributed by atoms with van der Waals surface area (Å²) in [5.41, 5.74) is 3.94. The molecule has 2 aromatic rings. The number of amides is 2. The van der Waals surface area contributed by atoms with Crippen LogP contribution in [0.3, 0.4) is 0 Å². The van der Waals surface area contributed by atoms with Crippen molar-refractivity contribution < 1.29 is 4.79 Å². The third-order valence-electron chi connectivity index (χ3n) is 4.81. The Hall–Kier alpha value is -2.64. The highest BCUT2D eigenvalue weighted by molar-refractivity contribution is 5.90. The van der Waals surface area contributed by atoms with E-state index in [1.165, 1.54) is 0 Å². The van der Waals surface area contributed by atoms with Crippen molar-refractivity contribution in [2.24, 2.45) is 0 Å². The summed E-state index contributed by atoms with van der Waals surface area (Å²) < 4.78 is 1.93. The number of nitrogens with zero attached hydrogens (tertiary/aromatic N) is 4. The van der Waals surface area contributed by atoms with E-state index < -0.39 is 0 Å². The molecule has 0 atom stereocenters. The van der Waals surface area contributed by atoms with Crippen molar-refractivity contribution in [3.63, 3.8) is 0 Å². The lowest BCUT2D eigenvalue weighted by Gasteiger charge is -2.20. The molecule has 0 fully saturated rings. The zero-order chi connectivity index (χ0) is 18.8. The van der Waals surface area contributed by atoms with Gasteiger partial charge in [-0.3, -0.25) is 9.48 Å². The Labute approximate surface area is 152 Å². The van der Waals surface area contributed by atoms with Gasteiger partial charge in [0.15, 0.2) is 0 Å². The molecule has 1 aliphatic rings. The van der Waals surface area contributed by atoms with Gasteiger partial charge in [0.05, 0.1) is 22.8 Å². The number of nitrogens with one attached hydrogen (secondary N) is 2. The minimum absolute atomic E-state index is 0.0951. The number of rotatable bonds is 3. The normalized spacial score (nSPS) is 14.1. The molecule has 1 aliphatic heterocycles. The number of hydrogen-bond acceptors (Lipinski definition) is 4. The highest BCUT2D eigenvalue weighted by Gasteiger charge is 2.23. The first-order valence-corrected chi connectivity index (χ1v) is 9.09. The number of hydrogen-bond donors (Lipinski definition) is 2. The minimum Gasteiger partial charge on any atom is -0.324 e. The molecule has 8 nitrogen and oxygen atoms in total. The van der Waals surface area contributed by atoms with Gasteiger partial charge < -0.3 is 15.2 Å². The molecule has 2 N–H and O–H groups in total. The van der Waals surface area contributed by atoms with Crippen LogP contribution < -0.4 is 10.9 Å². The van der Waals surface area contributed by atoms with Gasteiger partial charge in [0, 0.05) is 31.6 Å². The van der Waals surface area contributed by atoms with Gasteiger partial charge in [0.1, 0.15) is 5.82 Å². The van der Waals surface area contributed by atoms with Crippen LogP contribution >= 0.6 is 0 Å². The highest BCUT2D eigenvalue weighted by atomic mass is 16.2. The number of carbonyl (C=O) groups excluding carboxylic acids is 1. The Kier molecular flexibility index (Phi) is 5.11. The topological polar surface area (TPSA) is 95.9 Å². The van der Waals surface area contributed by atoms with Crippen molar-refractivity contribution in [2.45, 2.75) is 53.5 Å². The van der Waals surface area contributed by atoms with Gasteiger partial charge in [-0.2, -0.15) is 5.10 Å². The van der Waals surface area contributed by atoms with Gasteiger partial charge in [-0.05, 0) is 33.6 Å². The molecule has 3 heterocycles. The quantitative estimate of drug-likeness (QED) is 0.876. The third kappa shape index (κ3) is 3.49. The van der Waals surface area contributed by atoms with Crippen molar-refractivity contribution in [3.05, 3.63) is 38.8 Å². The number of aromatic amines is 1. The van der Waals surface area contributed by atoms with E-state index in [0.29, 0.717) is 37.3 Å². The highest BCUT2D eigenvalue weighted by Crippen LogP contribution is 2.21. The van der Waals surface area contributed by atoms with Crippen LogP contribution in [0.5, 0.6) is 0 Å². The SMILES string of the molecule is CCCn1nc(C)c(NC(=O)N2CCc3nc(C)[nH]c(=O)c3CC2)c1C. The Balaban J connectivity index is 1.74. The summed E-state index contributed by atoms with van der Waals surface area (Å²) in [5, 5.41) is 7.50. The van der Waals surface area contributed by atoms with Crippen molar-refractivity contribution in [2.75, 3.05) is 18.4 Å². The van der Waals surface area contributed by atoms with E-state index in [2.05, 4.69) is 27.3 Å². The number of carbonyl (C=O) groups is 1. The first kappa shape index (κ1) is 18.2. The molecule has 0 spiro atoms. The number of fused-ring (bicyclic) bond motifs is 1. The van der Waals surface area contributed by atoms with E-state index >= 15 is 0 Å². The summed E-state index contributed by atoms with van der Waals surface area (Å²) in [6, 6.07) is -0.159. The summed E-state index contributed by atoms with van der Waals surface area (Å²) in [4.78, 5) is 33.8. The van der Waals surface area contributed by atoms with Gasteiger partial charge in [-0.25, -0.2) is 9.78 Å².